The van der Waals surface area contributed by atoms with Crippen LogP contribution in [-0.4, -0.2) is 51.9 Å². The number of H-pyrrole nitrogens is 1. The summed E-state index contributed by atoms with van der Waals surface area (Å²) in [5.41, 5.74) is -0.219. The molecule has 12 heteroatoms. The Hall–Kier alpha value is -2.96. The Bertz CT molecular complexity index is 1220. The van der Waals surface area contributed by atoms with Crippen LogP contribution in [0.25, 0.3) is 10.8 Å². The molecular formula is C18H20N4O6S2. The second kappa shape index (κ2) is 9.24. The molecule has 0 atom stereocenters. The molecule has 2 heterocycles. The molecule has 0 saturated heterocycles. The molecule has 0 aliphatic carbocycles. The number of rotatable bonds is 9. The lowest BCUT2D eigenvalue weighted by atomic mass is 10.2. The topological polar surface area (TPSA) is 139 Å². The van der Waals surface area contributed by atoms with E-state index >= 15 is 0 Å². The number of ether oxygens (including phenoxy) is 2. The van der Waals surface area contributed by atoms with Gasteiger partial charge in [0.05, 0.1) is 19.6 Å². The zero-order chi connectivity index (χ0) is 21.7. The molecule has 30 heavy (non-hydrogen) atoms. The number of benzene rings is 1. The van der Waals surface area contributed by atoms with Gasteiger partial charge in [0.1, 0.15) is 5.56 Å². The van der Waals surface area contributed by atoms with Gasteiger partial charge in [-0.15, -0.1) is 11.3 Å². The van der Waals surface area contributed by atoms with Crippen molar-refractivity contribution in [3.05, 3.63) is 45.6 Å². The van der Waals surface area contributed by atoms with Crippen molar-refractivity contribution in [2.45, 2.75) is 10.6 Å². The van der Waals surface area contributed by atoms with Gasteiger partial charge in [0.25, 0.3) is 15.6 Å². The molecular weight excluding hydrogens is 432 g/mol. The smallest absolute Gasteiger partial charge is 0.342 e. The fraction of sp³-hybridized carbons (Fsp3) is 0.278. The average Bonchev–Trinajstić information content (AvgIpc) is 3.20. The number of carbonyl (C=O) groups excluding carboxylic acids is 1. The summed E-state index contributed by atoms with van der Waals surface area (Å²) in [6.07, 6.45) is 0.450. The Balaban J connectivity index is 1.61. The highest BCUT2D eigenvalue weighted by Gasteiger charge is 2.27. The van der Waals surface area contributed by atoms with Gasteiger partial charge in [0.15, 0.2) is 15.8 Å². The van der Waals surface area contributed by atoms with Gasteiger partial charge < -0.3 is 14.8 Å². The van der Waals surface area contributed by atoms with E-state index in [0.29, 0.717) is 29.6 Å². The van der Waals surface area contributed by atoms with Crippen molar-refractivity contribution in [3.8, 4) is 5.75 Å². The lowest BCUT2D eigenvalue weighted by Crippen LogP contribution is -2.26. The molecule has 3 rings (SSSR count). The van der Waals surface area contributed by atoms with E-state index in [0.717, 1.165) is 11.3 Å². The Morgan fingerprint density at radius 3 is 2.63 bits per heavy atom. The van der Waals surface area contributed by atoms with Crippen LogP contribution in [0.2, 0.25) is 0 Å². The highest BCUT2D eigenvalue weighted by atomic mass is 32.2. The van der Waals surface area contributed by atoms with Crippen LogP contribution in [0.5, 0.6) is 5.75 Å². The first-order chi connectivity index (χ1) is 14.4. The summed E-state index contributed by atoms with van der Waals surface area (Å²) in [5.74, 6) is -0.202. The minimum Gasteiger partial charge on any atom is -0.494 e. The number of sulfonamides is 1. The first-order valence-corrected chi connectivity index (χ1v) is 11.2. The second-order valence-electron chi connectivity index (χ2n) is 6.09. The molecule has 3 N–H and O–H groups in total. The number of fused-ring (bicyclic) bond motifs is 1. The predicted molar refractivity (Wildman–Crippen MR) is 113 cm³/mol. The van der Waals surface area contributed by atoms with Crippen LogP contribution in [0.4, 0.5) is 5.82 Å². The van der Waals surface area contributed by atoms with Gasteiger partial charge in [0, 0.05) is 23.9 Å². The number of hydrogen-bond donors (Lipinski definition) is 3. The minimum atomic E-state index is -3.86. The predicted octanol–water partition coefficient (Wildman–Crippen LogP) is 1.56. The number of esters is 1. The van der Waals surface area contributed by atoms with Gasteiger partial charge in [-0.1, -0.05) is 18.2 Å². The van der Waals surface area contributed by atoms with Crippen LogP contribution < -0.4 is 20.3 Å². The first-order valence-electron chi connectivity index (χ1n) is 8.83. The summed E-state index contributed by atoms with van der Waals surface area (Å²) < 4.78 is 37.3. The van der Waals surface area contributed by atoms with Crippen molar-refractivity contribution in [1.82, 2.24) is 14.9 Å². The van der Waals surface area contributed by atoms with E-state index in [4.69, 9.17) is 4.74 Å². The summed E-state index contributed by atoms with van der Waals surface area (Å²) in [6.45, 7) is 0.561. The van der Waals surface area contributed by atoms with Crippen molar-refractivity contribution in [1.29, 1.82) is 0 Å². The highest BCUT2D eigenvalue weighted by molar-refractivity contribution is 7.91. The summed E-state index contributed by atoms with van der Waals surface area (Å²) in [7, 11) is -1.37. The van der Waals surface area contributed by atoms with Crippen LogP contribution in [0.1, 0.15) is 16.8 Å². The molecule has 3 aromatic rings. The van der Waals surface area contributed by atoms with Crippen molar-refractivity contribution in [2.75, 3.05) is 32.6 Å². The number of carbonyl (C=O) groups is 1. The van der Waals surface area contributed by atoms with E-state index in [1.165, 1.54) is 19.6 Å². The molecule has 0 radical (unpaired) electrons. The average molecular weight is 453 g/mol. The monoisotopic (exact) mass is 452 g/mol. The summed E-state index contributed by atoms with van der Waals surface area (Å²) in [5, 5.41) is 12.1. The standard InChI is InChI=1S/C18H20N4O6S2/c1-27-14-13(17(24)28-2)10-29-18(14)30(25,26)20-9-5-8-19-15-11-6-3-4-7-12(11)16(23)22-21-15/h3-4,6-7,10,20H,5,8-9H2,1-2H3,(H,19,21)(H,22,23). The fourth-order valence-corrected chi connectivity index (χ4v) is 5.31. The maximum Gasteiger partial charge on any atom is 0.342 e. The molecule has 0 saturated carbocycles. The Morgan fingerprint density at radius 1 is 1.20 bits per heavy atom. The molecule has 0 spiro atoms. The normalized spacial score (nSPS) is 11.4. The van der Waals surface area contributed by atoms with E-state index < -0.39 is 16.0 Å². The highest BCUT2D eigenvalue weighted by Crippen LogP contribution is 2.34. The van der Waals surface area contributed by atoms with Gasteiger partial charge in [-0.25, -0.2) is 23.0 Å². The zero-order valence-electron chi connectivity index (χ0n) is 16.2. The second-order valence-corrected chi connectivity index (χ2v) is 8.93. The number of aromatic amines is 1. The quantitative estimate of drug-likeness (QED) is 0.328. The maximum absolute atomic E-state index is 12.6. The molecule has 160 valence electrons. The molecule has 10 nitrogen and oxygen atoms in total. The largest absolute Gasteiger partial charge is 0.494 e. The summed E-state index contributed by atoms with van der Waals surface area (Å²) in [4.78, 5) is 23.5. The van der Waals surface area contributed by atoms with Crippen LogP contribution in [0.15, 0.2) is 38.6 Å². The van der Waals surface area contributed by atoms with Gasteiger partial charge in [-0.3, -0.25) is 4.79 Å². The van der Waals surface area contributed by atoms with Gasteiger partial charge in [-0.05, 0) is 12.5 Å². The molecule has 2 aromatic heterocycles. The van der Waals surface area contributed by atoms with Gasteiger partial charge in [0.2, 0.25) is 0 Å². The van der Waals surface area contributed by atoms with Crippen molar-refractivity contribution < 1.29 is 22.7 Å². The lowest BCUT2D eigenvalue weighted by Gasteiger charge is -2.10. The maximum atomic E-state index is 12.6. The van der Waals surface area contributed by atoms with E-state index in [-0.39, 0.29) is 27.6 Å². The number of methoxy groups -OCH3 is 2. The van der Waals surface area contributed by atoms with Crippen LogP contribution in [0, 0.1) is 0 Å². The number of aromatic nitrogens is 2. The fourth-order valence-electron chi connectivity index (χ4n) is 2.78. The van der Waals surface area contributed by atoms with Crippen molar-refractivity contribution >= 4 is 43.9 Å². The van der Waals surface area contributed by atoms with E-state index in [1.54, 1.807) is 24.3 Å². The Kier molecular flexibility index (Phi) is 6.70. The first kappa shape index (κ1) is 21.7. The molecule has 0 unspecified atom stereocenters. The summed E-state index contributed by atoms with van der Waals surface area (Å²) >= 11 is 0.879. The number of anilines is 1. The van der Waals surface area contributed by atoms with E-state index in [2.05, 4.69) is 25.0 Å². The van der Waals surface area contributed by atoms with Gasteiger partial charge >= 0.3 is 5.97 Å². The van der Waals surface area contributed by atoms with E-state index in [1.807, 2.05) is 0 Å². The molecule has 0 fully saturated rings. The molecule has 0 aliphatic rings. The SMILES string of the molecule is COC(=O)c1csc(S(=O)(=O)NCCCNc2n[nH]c(=O)c3ccccc23)c1OC. The molecule has 0 bridgehead atoms. The van der Waals surface area contributed by atoms with Gasteiger partial charge in [-0.2, -0.15) is 5.10 Å². The number of hydrogen-bond acceptors (Lipinski definition) is 9. The third kappa shape index (κ3) is 4.45. The number of thiophene rings is 1. The van der Waals surface area contributed by atoms with Crippen molar-refractivity contribution in [3.63, 3.8) is 0 Å². The zero-order valence-corrected chi connectivity index (χ0v) is 17.9. The van der Waals surface area contributed by atoms with Crippen molar-refractivity contribution in [2.24, 2.45) is 0 Å². The lowest BCUT2D eigenvalue weighted by molar-refractivity contribution is 0.0597. The Labute approximate surface area is 176 Å². The molecule has 1 aromatic carbocycles. The minimum absolute atomic E-state index is 0.0404. The number of nitrogens with zero attached hydrogens (tertiary/aromatic N) is 1. The molecule has 0 aliphatic heterocycles. The third-order valence-corrected chi connectivity index (χ3v) is 7.16. The van der Waals surface area contributed by atoms with Crippen LogP contribution in [0.3, 0.4) is 0 Å². The summed E-state index contributed by atoms with van der Waals surface area (Å²) in [6, 6.07) is 7.05. The van der Waals surface area contributed by atoms with Crippen LogP contribution >= 0.6 is 11.3 Å². The van der Waals surface area contributed by atoms with E-state index in [9.17, 15) is 18.0 Å². The Morgan fingerprint density at radius 2 is 1.93 bits per heavy atom. The number of nitrogens with one attached hydrogen (secondary N) is 3. The molecule has 0 amide bonds. The third-order valence-electron chi connectivity index (χ3n) is 4.20. The van der Waals surface area contributed by atoms with Crippen LogP contribution in [-0.2, 0) is 14.8 Å².